The number of nitrogens with one attached hydrogen (secondary N) is 2. The van der Waals surface area contributed by atoms with E-state index in [-0.39, 0.29) is 23.6 Å². The van der Waals surface area contributed by atoms with E-state index in [4.69, 9.17) is 15.0 Å². The number of nitrogens with zero attached hydrogens (tertiary/aromatic N) is 1. The normalized spacial score (nSPS) is 22.1. The molecule has 2 rings (SSSR count). The first-order valence-corrected chi connectivity index (χ1v) is 8.43. The molecule has 3 atom stereocenters. The number of alkyl halides is 3. The number of aliphatic hydroxyl groups is 3. The Morgan fingerprint density at radius 1 is 1.45 bits per heavy atom. The van der Waals surface area contributed by atoms with Gasteiger partial charge >= 0.3 is 6.18 Å². The topological polar surface area (TPSA) is 140 Å². The summed E-state index contributed by atoms with van der Waals surface area (Å²) < 4.78 is 63.3. The summed E-state index contributed by atoms with van der Waals surface area (Å²) in [5.41, 5.74) is 0.0420. The van der Waals surface area contributed by atoms with E-state index in [9.17, 15) is 28.2 Å². The average molecular weight is 419 g/mol. The molecule has 1 aliphatic rings. The molecule has 11 heteroatoms. The highest BCUT2D eigenvalue weighted by Gasteiger charge is 2.54. The van der Waals surface area contributed by atoms with Gasteiger partial charge < -0.3 is 31.7 Å². The molecule has 8 nitrogen and oxygen atoms in total. The van der Waals surface area contributed by atoms with Crippen molar-refractivity contribution >= 4 is 17.3 Å². The van der Waals surface area contributed by atoms with Crippen LogP contribution in [-0.2, 0) is 10.4 Å². The van der Waals surface area contributed by atoms with E-state index in [2.05, 4.69) is 15.6 Å². The lowest BCUT2D eigenvalue weighted by molar-refractivity contribution is -0.277. The minimum atomic E-state index is -5.27. The molecule has 0 aliphatic carbocycles. The van der Waals surface area contributed by atoms with Crippen LogP contribution in [0.25, 0.3) is 5.70 Å². The van der Waals surface area contributed by atoms with Crippen LogP contribution in [-0.4, -0.2) is 58.5 Å². The van der Waals surface area contributed by atoms with Crippen LogP contribution in [0.2, 0.25) is 0 Å². The second-order valence-electron chi connectivity index (χ2n) is 6.50. The van der Waals surface area contributed by atoms with Crippen molar-refractivity contribution in [3.63, 3.8) is 0 Å². The van der Waals surface area contributed by atoms with Gasteiger partial charge in [0.1, 0.15) is 11.9 Å². The first-order valence-electron chi connectivity index (χ1n) is 9.93. The zero-order chi connectivity index (χ0) is 24.5. The number of halogens is 3. The summed E-state index contributed by atoms with van der Waals surface area (Å²) in [4.78, 5) is 16.4. The van der Waals surface area contributed by atoms with Gasteiger partial charge in [-0.25, -0.2) is 4.99 Å². The summed E-state index contributed by atoms with van der Waals surface area (Å²) in [6.45, 7) is -3.37. The molecular weight excluding hydrogens is 393 g/mol. The second-order valence-corrected chi connectivity index (χ2v) is 6.50. The fourth-order valence-corrected chi connectivity index (χ4v) is 2.51. The fraction of sp³-hybridized carbons (Fsp3) is 0.444. The van der Waals surface area contributed by atoms with Crippen LogP contribution in [0.1, 0.15) is 27.7 Å². The lowest BCUT2D eigenvalue weighted by Gasteiger charge is -2.30. The second kappa shape index (κ2) is 8.49. The summed E-state index contributed by atoms with van der Waals surface area (Å²) in [6.07, 6.45) is -5.26. The number of hydrogen-bond acceptors (Lipinski definition) is 7. The summed E-state index contributed by atoms with van der Waals surface area (Å²) in [6, 6.07) is 1.70. The number of hydrogen-bond donors (Lipinski definition) is 6. The number of aliphatic imine (C=N–C) groups is 1. The molecule has 7 N–H and O–H groups in total. The van der Waals surface area contributed by atoms with Gasteiger partial charge in [0.15, 0.2) is 0 Å². The van der Waals surface area contributed by atoms with Crippen molar-refractivity contribution in [3.05, 3.63) is 41.1 Å². The van der Waals surface area contributed by atoms with Crippen LogP contribution in [0.4, 0.5) is 13.2 Å². The molecule has 1 amide bonds. The smallest absolute Gasteiger partial charge is 0.394 e. The van der Waals surface area contributed by atoms with Crippen LogP contribution in [0.3, 0.4) is 0 Å². The Kier molecular flexibility index (Phi) is 5.43. The number of carbonyl (C=O) groups excluding carboxylic acids is 1. The van der Waals surface area contributed by atoms with Crippen molar-refractivity contribution < 1.29 is 37.4 Å². The fourth-order valence-electron chi connectivity index (χ4n) is 2.51. The molecular formula is C18H23F3N4O4. The van der Waals surface area contributed by atoms with Gasteiger partial charge in [0.2, 0.25) is 5.60 Å². The van der Waals surface area contributed by atoms with Gasteiger partial charge in [-0.1, -0.05) is 12.1 Å². The largest absolute Gasteiger partial charge is 0.423 e. The molecule has 29 heavy (non-hydrogen) atoms. The summed E-state index contributed by atoms with van der Waals surface area (Å²) in [7, 11) is 0. The van der Waals surface area contributed by atoms with Crippen molar-refractivity contribution in [1.82, 2.24) is 10.6 Å². The van der Waals surface area contributed by atoms with Crippen molar-refractivity contribution in [3.8, 4) is 0 Å². The molecule has 160 valence electrons. The molecule has 0 aromatic heterocycles. The highest BCUT2D eigenvalue weighted by Crippen LogP contribution is 2.40. The van der Waals surface area contributed by atoms with Gasteiger partial charge in [-0.2, -0.15) is 13.2 Å². The lowest BCUT2D eigenvalue weighted by atomic mass is 9.90. The highest BCUT2D eigenvalue weighted by atomic mass is 19.4. The molecule has 0 saturated carbocycles. The molecule has 0 saturated heterocycles. The Bertz CT molecular complexity index is 937. The van der Waals surface area contributed by atoms with Crippen LogP contribution < -0.4 is 16.4 Å². The van der Waals surface area contributed by atoms with Crippen molar-refractivity contribution in [2.45, 2.75) is 37.8 Å². The molecule has 1 heterocycles. The Morgan fingerprint density at radius 3 is 2.69 bits per heavy atom. The van der Waals surface area contributed by atoms with Gasteiger partial charge in [0.25, 0.3) is 5.91 Å². The van der Waals surface area contributed by atoms with Crippen LogP contribution in [0, 0.1) is 6.85 Å². The van der Waals surface area contributed by atoms with Gasteiger partial charge in [0, 0.05) is 21.9 Å². The Labute approximate surface area is 169 Å². The molecule has 0 fully saturated rings. The minimum absolute atomic E-state index is 0.232. The first-order chi connectivity index (χ1) is 14.7. The zero-order valence-corrected chi connectivity index (χ0v) is 15.3. The minimum Gasteiger partial charge on any atom is -0.394 e. The number of aryl methyl sites for hydroxylation is 1. The SMILES string of the molecule is [2H]C([2H])([2H])c1ccc([C@](O)(CO)C(F)(F)F)cc1C1=CNC(N)C(C(=O)N[C@@H](C)CO)=N1. The number of benzene rings is 1. The predicted molar refractivity (Wildman–Crippen MR) is 99.4 cm³/mol. The van der Waals surface area contributed by atoms with E-state index >= 15 is 0 Å². The number of carbonyl (C=O) groups is 1. The predicted octanol–water partition coefficient (Wildman–Crippen LogP) is -0.138. The van der Waals surface area contributed by atoms with Gasteiger partial charge in [-0.15, -0.1) is 0 Å². The molecule has 1 aromatic carbocycles. The van der Waals surface area contributed by atoms with Crippen molar-refractivity contribution in [1.29, 1.82) is 0 Å². The summed E-state index contributed by atoms with van der Waals surface area (Å²) >= 11 is 0. The van der Waals surface area contributed by atoms with E-state index in [1.54, 1.807) is 0 Å². The van der Waals surface area contributed by atoms with Crippen LogP contribution in [0.15, 0.2) is 29.4 Å². The van der Waals surface area contributed by atoms with Crippen molar-refractivity contribution in [2.75, 3.05) is 13.2 Å². The van der Waals surface area contributed by atoms with Crippen molar-refractivity contribution in [2.24, 2.45) is 10.7 Å². The molecule has 0 radical (unpaired) electrons. The highest BCUT2D eigenvalue weighted by molar-refractivity contribution is 6.41. The number of rotatable bonds is 6. The number of nitrogens with two attached hydrogens (primary N) is 1. The van der Waals surface area contributed by atoms with E-state index in [1.165, 1.54) is 6.92 Å². The summed E-state index contributed by atoms with van der Waals surface area (Å²) in [5, 5.41) is 33.4. The van der Waals surface area contributed by atoms with Gasteiger partial charge in [0.05, 0.1) is 18.9 Å². The quantitative estimate of drug-likeness (QED) is 0.379. The zero-order valence-electron chi connectivity index (χ0n) is 18.3. The molecule has 0 bridgehead atoms. The Balaban J connectivity index is 2.65. The molecule has 1 unspecified atom stereocenters. The molecule has 0 spiro atoms. The standard InChI is InChI=1S/C18H23F3N4O4/c1-9-3-4-11(17(29,8-27)18(19,20)21)5-12(9)13-6-23-15(22)14(25-13)16(28)24-10(2)7-26/h3-6,10,15,23,26-27,29H,7-8,22H2,1-2H3,(H,24,28)/t10-,15?,17+/m0/s1/i1D3. The van der Waals surface area contributed by atoms with E-state index in [0.29, 0.717) is 0 Å². The molecule has 1 aromatic rings. The van der Waals surface area contributed by atoms with E-state index < -0.39 is 54.5 Å². The Morgan fingerprint density at radius 2 is 2.14 bits per heavy atom. The van der Waals surface area contributed by atoms with E-state index in [1.807, 2.05) is 0 Å². The monoisotopic (exact) mass is 419 g/mol. The maximum atomic E-state index is 13.4. The van der Waals surface area contributed by atoms with Gasteiger partial charge in [-0.05, 0) is 31.0 Å². The third kappa shape index (κ3) is 4.58. The third-order valence-corrected chi connectivity index (χ3v) is 4.29. The van der Waals surface area contributed by atoms with Crippen LogP contribution >= 0.6 is 0 Å². The maximum absolute atomic E-state index is 13.4. The van der Waals surface area contributed by atoms with Crippen LogP contribution in [0.5, 0.6) is 0 Å². The molecule has 1 aliphatic heterocycles. The van der Waals surface area contributed by atoms with Gasteiger partial charge in [-0.3, -0.25) is 4.79 Å². The first kappa shape index (κ1) is 18.6. The van der Waals surface area contributed by atoms with E-state index in [0.717, 1.165) is 24.4 Å². The number of amides is 1. The average Bonchev–Trinajstić information content (AvgIpc) is 2.71. The maximum Gasteiger partial charge on any atom is 0.423 e. The lowest BCUT2D eigenvalue weighted by Crippen LogP contribution is -2.52. The summed E-state index contributed by atoms with van der Waals surface area (Å²) in [5.74, 6) is -0.786. The Hall–Kier alpha value is -2.47. The number of aliphatic hydroxyl groups excluding tert-OH is 2. The third-order valence-electron chi connectivity index (χ3n) is 4.29.